The van der Waals surface area contributed by atoms with Gasteiger partial charge in [-0.25, -0.2) is 4.39 Å². The lowest BCUT2D eigenvalue weighted by molar-refractivity contribution is -0.123. The minimum atomic E-state index is -1.05. The minimum Gasteiger partial charge on any atom is -0.375 e. The maximum atomic E-state index is 13.2. The van der Waals surface area contributed by atoms with Crippen LogP contribution in [0.15, 0.2) is 24.3 Å². The zero-order chi connectivity index (χ0) is 13.8. The zero-order valence-corrected chi connectivity index (χ0v) is 11.2. The van der Waals surface area contributed by atoms with E-state index >= 15 is 0 Å². The third kappa shape index (κ3) is 3.52. The molecule has 5 heteroatoms. The summed E-state index contributed by atoms with van der Waals surface area (Å²) in [6.07, 6.45) is -1.22. The summed E-state index contributed by atoms with van der Waals surface area (Å²) in [7, 11) is 0. The van der Waals surface area contributed by atoms with Crippen molar-refractivity contribution in [3.8, 4) is 0 Å². The Hall–Kier alpha value is -1.46. The van der Waals surface area contributed by atoms with Crippen LogP contribution >= 0.6 is 0 Å². The normalized spacial score (nSPS) is 24.8. The molecule has 4 nitrogen and oxygen atoms in total. The predicted molar refractivity (Wildman–Crippen MR) is 71.8 cm³/mol. The number of anilines is 1. The summed E-state index contributed by atoms with van der Waals surface area (Å²) < 4.78 is 18.7. The molecular weight excluding hydrogens is 247 g/mol. The van der Waals surface area contributed by atoms with E-state index in [0.29, 0.717) is 24.4 Å². The molecule has 0 aromatic heterocycles. The lowest BCUT2D eigenvalue weighted by Crippen LogP contribution is -2.53. The van der Waals surface area contributed by atoms with Crippen LogP contribution < -0.4 is 10.6 Å². The van der Waals surface area contributed by atoms with E-state index in [0.717, 1.165) is 0 Å². The van der Waals surface area contributed by atoms with Crippen molar-refractivity contribution in [3.05, 3.63) is 29.8 Å². The number of amides is 1. The van der Waals surface area contributed by atoms with Crippen molar-refractivity contribution in [3.63, 3.8) is 0 Å². The molecule has 1 heterocycles. The lowest BCUT2D eigenvalue weighted by atomic mass is 10.1. The summed E-state index contributed by atoms with van der Waals surface area (Å²) in [5.74, 6) is -0.157. The van der Waals surface area contributed by atoms with E-state index in [-0.39, 0.29) is 18.1 Å². The van der Waals surface area contributed by atoms with Crippen molar-refractivity contribution in [2.45, 2.75) is 32.2 Å². The topological polar surface area (TPSA) is 50.4 Å². The molecule has 1 fully saturated rings. The van der Waals surface area contributed by atoms with Crippen LogP contribution in [0.2, 0.25) is 0 Å². The summed E-state index contributed by atoms with van der Waals surface area (Å²) in [6, 6.07) is 6.45. The first-order chi connectivity index (χ1) is 9.08. The first-order valence-corrected chi connectivity index (χ1v) is 6.48. The summed E-state index contributed by atoms with van der Waals surface area (Å²) in [6.45, 7) is 4.60. The van der Waals surface area contributed by atoms with Crippen molar-refractivity contribution < 1.29 is 13.9 Å². The fourth-order valence-electron chi connectivity index (χ4n) is 2.11. The second-order valence-corrected chi connectivity index (χ2v) is 4.74. The highest BCUT2D eigenvalue weighted by Crippen LogP contribution is 2.20. The Morgan fingerprint density at radius 1 is 1.58 bits per heavy atom. The molecule has 1 aliphatic heterocycles. The first-order valence-electron chi connectivity index (χ1n) is 6.48. The van der Waals surface area contributed by atoms with Gasteiger partial charge in [0, 0.05) is 12.2 Å². The van der Waals surface area contributed by atoms with Crippen LogP contribution in [0.4, 0.5) is 10.1 Å². The number of rotatable bonds is 3. The number of carbonyl (C=O) groups excluding carboxylic acids is 1. The minimum absolute atomic E-state index is 0.157. The number of alkyl halides is 1. The van der Waals surface area contributed by atoms with E-state index in [1.807, 2.05) is 6.92 Å². The van der Waals surface area contributed by atoms with Gasteiger partial charge in [-0.2, -0.15) is 0 Å². The Kier molecular flexibility index (Phi) is 4.50. The van der Waals surface area contributed by atoms with E-state index in [2.05, 4.69) is 10.6 Å². The van der Waals surface area contributed by atoms with Gasteiger partial charge in [-0.15, -0.1) is 0 Å². The summed E-state index contributed by atoms with van der Waals surface area (Å²) >= 11 is 0. The fourth-order valence-corrected chi connectivity index (χ4v) is 2.11. The van der Waals surface area contributed by atoms with Gasteiger partial charge in [0.2, 0.25) is 5.91 Å². The van der Waals surface area contributed by atoms with E-state index in [4.69, 9.17) is 4.74 Å². The van der Waals surface area contributed by atoms with Gasteiger partial charge in [-0.1, -0.05) is 12.1 Å². The monoisotopic (exact) mass is 266 g/mol. The maximum Gasteiger partial charge on any atom is 0.244 e. The van der Waals surface area contributed by atoms with Gasteiger partial charge >= 0.3 is 0 Å². The smallest absolute Gasteiger partial charge is 0.244 e. The number of hydrogen-bond donors (Lipinski definition) is 2. The van der Waals surface area contributed by atoms with Crippen molar-refractivity contribution >= 4 is 11.6 Å². The molecule has 1 aliphatic rings. The second kappa shape index (κ2) is 6.12. The number of morpholine rings is 1. The summed E-state index contributed by atoms with van der Waals surface area (Å²) in [4.78, 5) is 12.1. The molecule has 0 spiro atoms. The Labute approximate surface area is 112 Å². The Morgan fingerprint density at radius 3 is 3.05 bits per heavy atom. The molecule has 1 saturated heterocycles. The fraction of sp³-hybridized carbons (Fsp3) is 0.500. The molecule has 1 amide bonds. The van der Waals surface area contributed by atoms with E-state index in [1.54, 1.807) is 24.3 Å². The average Bonchev–Trinajstić information content (AvgIpc) is 2.39. The third-order valence-electron chi connectivity index (χ3n) is 3.21. The molecule has 0 saturated carbocycles. The third-order valence-corrected chi connectivity index (χ3v) is 3.21. The van der Waals surface area contributed by atoms with E-state index < -0.39 is 6.17 Å². The number of ether oxygens (including phenoxy) is 1. The Morgan fingerprint density at radius 2 is 2.37 bits per heavy atom. The van der Waals surface area contributed by atoms with E-state index in [1.165, 1.54) is 6.92 Å². The van der Waals surface area contributed by atoms with Crippen LogP contribution in [0.3, 0.4) is 0 Å². The lowest BCUT2D eigenvalue weighted by Gasteiger charge is -2.29. The van der Waals surface area contributed by atoms with Gasteiger partial charge in [-0.3, -0.25) is 4.79 Å². The molecule has 1 aromatic rings. The molecule has 0 radical (unpaired) electrons. The second-order valence-electron chi connectivity index (χ2n) is 4.74. The summed E-state index contributed by atoms with van der Waals surface area (Å²) in [5.41, 5.74) is 1.16. The molecular formula is C14H19FN2O2. The maximum absolute atomic E-state index is 13.2. The largest absolute Gasteiger partial charge is 0.375 e. The SMILES string of the molecule is CC(F)c1cccc(NC(=O)[C@H]2NCCO[C@@H]2C)c1. The molecule has 1 aromatic carbocycles. The number of carbonyl (C=O) groups is 1. The Bertz CT molecular complexity index is 451. The molecule has 0 aliphatic carbocycles. The quantitative estimate of drug-likeness (QED) is 0.880. The van der Waals surface area contributed by atoms with E-state index in [9.17, 15) is 9.18 Å². The van der Waals surface area contributed by atoms with Crippen LogP contribution in [0.1, 0.15) is 25.6 Å². The van der Waals surface area contributed by atoms with Gasteiger partial charge in [0.1, 0.15) is 12.2 Å². The highest BCUT2D eigenvalue weighted by atomic mass is 19.1. The summed E-state index contributed by atoms with van der Waals surface area (Å²) in [5, 5.41) is 5.90. The Balaban J connectivity index is 2.03. The number of hydrogen-bond acceptors (Lipinski definition) is 3. The van der Waals surface area contributed by atoms with Crippen molar-refractivity contribution in [2.75, 3.05) is 18.5 Å². The van der Waals surface area contributed by atoms with Gasteiger partial charge in [-0.05, 0) is 31.5 Å². The van der Waals surface area contributed by atoms with Crippen molar-refractivity contribution in [1.82, 2.24) is 5.32 Å². The van der Waals surface area contributed by atoms with Crippen LogP contribution in [-0.4, -0.2) is 31.2 Å². The van der Waals surface area contributed by atoms with Crippen LogP contribution in [-0.2, 0) is 9.53 Å². The van der Waals surface area contributed by atoms with Gasteiger partial charge < -0.3 is 15.4 Å². The molecule has 2 rings (SSSR count). The van der Waals surface area contributed by atoms with Gasteiger partial charge in [0.05, 0.1) is 12.7 Å². The average molecular weight is 266 g/mol. The molecule has 3 atom stereocenters. The first kappa shape index (κ1) is 14.0. The molecule has 1 unspecified atom stereocenters. The predicted octanol–water partition coefficient (Wildman–Crippen LogP) is 2.03. The highest BCUT2D eigenvalue weighted by molar-refractivity contribution is 5.95. The number of nitrogens with one attached hydrogen (secondary N) is 2. The standard InChI is InChI=1S/C14H19FN2O2/c1-9(15)11-4-3-5-12(8-11)17-14(18)13-10(2)19-7-6-16-13/h3-5,8-10,13,16H,6-7H2,1-2H3,(H,17,18)/t9?,10-,13+/m1/s1. The molecule has 19 heavy (non-hydrogen) atoms. The molecule has 2 N–H and O–H groups in total. The molecule has 0 bridgehead atoms. The van der Waals surface area contributed by atoms with Crippen molar-refractivity contribution in [1.29, 1.82) is 0 Å². The van der Waals surface area contributed by atoms with Crippen molar-refractivity contribution in [2.24, 2.45) is 0 Å². The van der Waals surface area contributed by atoms with Crippen LogP contribution in [0.5, 0.6) is 0 Å². The number of halogens is 1. The van der Waals surface area contributed by atoms with Gasteiger partial charge in [0.15, 0.2) is 0 Å². The van der Waals surface area contributed by atoms with Crippen LogP contribution in [0, 0.1) is 0 Å². The number of benzene rings is 1. The van der Waals surface area contributed by atoms with Gasteiger partial charge in [0.25, 0.3) is 0 Å². The highest BCUT2D eigenvalue weighted by Gasteiger charge is 2.28. The zero-order valence-electron chi connectivity index (χ0n) is 11.2. The van der Waals surface area contributed by atoms with Crippen LogP contribution in [0.25, 0.3) is 0 Å². The molecule has 104 valence electrons.